The van der Waals surface area contributed by atoms with Crippen LogP contribution in [0.5, 0.6) is 0 Å². The van der Waals surface area contributed by atoms with Crippen LogP contribution in [0.2, 0.25) is 0 Å². The first-order valence-electron chi connectivity index (χ1n) is 9.03. The van der Waals surface area contributed by atoms with Crippen LogP contribution in [-0.4, -0.2) is 63.8 Å². The summed E-state index contributed by atoms with van der Waals surface area (Å²) in [6.45, 7) is 11.3. The first-order chi connectivity index (χ1) is 11.7. The fourth-order valence-electron chi connectivity index (χ4n) is 3.55. The quantitative estimate of drug-likeness (QED) is 0.680. The van der Waals surface area contributed by atoms with Gasteiger partial charge in [-0.2, -0.15) is 0 Å². The Hall–Kier alpha value is -1.75. The Morgan fingerprint density at radius 3 is 2.71 bits per heavy atom. The van der Waals surface area contributed by atoms with Gasteiger partial charge in [0.05, 0.1) is 6.61 Å². The van der Waals surface area contributed by atoms with Gasteiger partial charge in [0, 0.05) is 58.0 Å². The van der Waals surface area contributed by atoms with Crippen molar-refractivity contribution in [2.24, 2.45) is 10.9 Å². The SMILES string of the molecule is CN=C(NC[C@H]1CCOC1)N1CCN(c2cccc(C)c2C)CC1. The lowest BCUT2D eigenvalue weighted by atomic mass is 10.1. The van der Waals surface area contributed by atoms with Crippen molar-refractivity contribution in [3.05, 3.63) is 29.3 Å². The molecule has 0 aliphatic carbocycles. The molecule has 1 aromatic carbocycles. The zero-order chi connectivity index (χ0) is 16.9. The Morgan fingerprint density at radius 2 is 2.04 bits per heavy atom. The van der Waals surface area contributed by atoms with Crippen LogP contribution < -0.4 is 10.2 Å². The zero-order valence-electron chi connectivity index (χ0n) is 15.2. The molecule has 0 radical (unpaired) electrons. The summed E-state index contributed by atoms with van der Waals surface area (Å²) in [5, 5.41) is 3.53. The summed E-state index contributed by atoms with van der Waals surface area (Å²) in [4.78, 5) is 9.34. The summed E-state index contributed by atoms with van der Waals surface area (Å²) >= 11 is 0. The molecule has 2 aliphatic rings. The summed E-state index contributed by atoms with van der Waals surface area (Å²) in [5.74, 6) is 1.65. The van der Waals surface area contributed by atoms with Gasteiger partial charge in [0.2, 0.25) is 0 Å². The molecule has 5 nitrogen and oxygen atoms in total. The average Bonchev–Trinajstić information content (AvgIpc) is 3.12. The lowest BCUT2D eigenvalue weighted by molar-refractivity contribution is 0.186. The number of hydrogen-bond donors (Lipinski definition) is 1. The highest BCUT2D eigenvalue weighted by atomic mass is 16.5. The molecule has 2 heterocycles. The van der Waals surface area contributed by atoms with E-state index in [0.29, 0.717) is 5.92 Å². The highest BCUT2D eigenvalue weighted by molar-refractivity contribution is 5.80. The van der Waals surface area contributed by atoms with E-state index >= 15 is 0 Å². The summed E-state index contributed by atoms with van der Waals surface area (Å²) in [5.41, 5.74) is 4.14. The van der Waals surface area contributed by atoms with Gasteiger partial charge in [0.1, 0.15) is 0 Å². The van der Waals surface area contributed by atoms with Crippen LogP contribution in [0.15, 0.2) is 23.2 Å². The van der Waals surface area contributed by atoms with Crippen molar-refractivity contribution in [2.45, 2.75) is 20.3 Å². The number of ether oxygens (including phenoxy) is 1. The zero-order valence-corrected chi connectivity index (χ0v) is 15.2. The molecular weight excluding hydrogens is 300 g/mol. The van der Waals surface area contributed by atoms with Gasteiger partial charge in [0.25, 0.3) is 0 Å². The van der Waals surface area contributed by atoms with Crippen LogP contribution in [0.4, 0.5) is 5.69 Å². The fourth-order valence-corrected chi connectivity index (χ4v) is 3.55. The van der Waals surface area contributed by atoms with Gasteiger partial charge >= 0.3 is 0 Å². The van der Waals surface area contributed by atoms with E-state index in [-0.39, 0.29) is 0 Å². The normalized spacial score (nSPS) is 22.1. The number of aryl methyl sites for hydroxylation is 1. The second-order valence-electron chi connectivity index (χ2n) is 6.85. The van der Waals surface area contributed by atoms with Crippen LogP contribution in [-0.2, 0) is 4.74 Å². The highest BCUT2D eigenvalue weighted by Gasteiger charge is 2.22. The maximum Gasteiger partial charge on any atom is 0.193 e. The molecule has 1 atom stereocenters. The monoisotopic (exact) mass is 330 g/mol. The van der Waals surface area contributed by atoms with Gasteiger partial charge in [-0.05, 0) is 37.5 Å². The molecule has 2 aliphatic heterocycles. The largest absolute Gasteiger partial charge is 0.381 e. The number of benzene rings is 1. The fraction of sp³-hybridized carbons (Fsp3) is 0.632. The van der Waals surface area contributed by atoms with Gasteiger partial charge in [-0.25, -0.2) is 0 Å². The number of nitrogens with one attached hydrogen (secondary N) is 1. The third-order valence-corrected chi connectivity index (χ3v) is 5.28. The van der Waals surface area contributed by atoms with E-state index in [1.54, 1.807) is 0 Å². The standard InChI is InChI=1S/C19H30N4O/c1-15-5-4-6-18(16(15)2)22-8-10-23(11-9-22)19(20-3)21-13-17-7-12-24-14-17/h4-6,17H,7-14H2,1-3H3,(H,20,21)/t17-/m1/s1. The van der Waals surface area contributed by atoms with Gasteiger partial charge in [-0.3, -0.25) is 4.99 Å². The molecule has 2 fully saturated rings. The molecule has 24 heavy (non-hydrogen) atoms. The predicted molar refractivity (Wildman–Crippen MR) is 100.0 cm³/mol. The average molecular weight is 330 g/mol. The lowest BCUT2D eigenvalue weighted by Crippen LogP contribution is -2.53. The van der Waals surface area contributed by atoms with Crippen LogP contribution in [0.25, 0.3) is 0 Å². The van der Waals surface area contributed by atoms with E-state index in [2.05, 4.69) is 52.2 Å². The molecule has 2 saturated heterocycles. The van der Waals surface area contributed by atoms with E-state index in [4.69, 9.17) is 4.74 Å². The third kappa shape index (κ3) is 3.83. The van der Waals surface area contributed by atoms with Crippen LogP contribution in [0, 0.1) is 19.8 Å². The number of nitrogens with zero attached hydrogens (tertiary/aromatic N) is 3. The van der Waals surface area contributed by atoms with Crippen LogP contribution in [0.1, 0.15) is 17.5 Å². The molecule has 1 aromatic rings. The minimum absolute atomic E-state index is 0.623. The van der Waals surface area contributed by atoms with Crippen LogP contribution >= 0.6 is 0 Å². The van der Waals surface area contributed by atoms with E-state index < -0.39 is 0 Å². The maximum atomic E-state index is 5.45. The molecule has 1 N–H and O–H groups in total. The summed E-state index contributed by atoms with van der Waals surface area (Å²) in [6.07, 6.45) is 1.16. The third-order valence-electron chi connectivity index (χ3n) is 5.28. The molecule has 0 bridgehead atoms. The van der Waals surface area contributed by atoms with Crippen molar-refractivity contribution in [3.63, 3.8) is 0 Å². The molecule has 5 heteroatoms. The number of hydrogen-bond acceptors (Lipinski definition) is 3. The number of anilines is 1. The highest BCUT2D eigenvalue weighted by Crippen LogP contribution is 2.23. The molecule has 0 aromatic heterocycles. The Labute approximate surface area is 145 Å². The number of rotatable bonds is 3. The van der Waals surface area contributed by atoms with Crippen molar-refractivity contribution in [3.8, 4) is 0 Å². The van der Waals surface area contributed by atoms with E-state index in [9.17, 15) is 0 Å². The van der Waals surface area contributed by atoms with Gasteiger partial charge in [-0.15, -0.1) is 0 Å². The molecule has 0 unspecified atom stereocenters. The van der Waals surface area contributed by atoms with Gasteiger partial charge < -0.3 is 19.9 Å². The van der Waals surface area contributed by atoms with Crippen molar-refractivity contribution in [1.82, 2.24) is 10.2 Å². The first kappa shape index (κ1) is 17.1. The summed E-state index contributed by atoms with van der Waals surface area (Å²) < 4.78 is 5.45. The number of piperazine rings is 1. The molecular formula is C19H30N4O. The second kappa shape index (κ2) is 7.88. The van der Waals surface area contributed by atoms with Crippen molar-refractivity contribution >= 4 is 11.6 Å². The van der Waals surface area contributed by atoms with Crippen molar-refractivity contribution in [2.75, 3.05) is 57.9 Å². The number of aliphatic imine (C=N–C) groups is 1. The Balaban J connectivity index is 1.54. The van der Waals surface area contributed by atoms with E-state index in [1.165, 1.54) is 16.8 Å². The smallest absolute Gasteiger partial charge is 0.193 e. The van der Waals surface area contributed by atoms with Crippen LogP contribution in [0.3, 0.4) is 0 Å². The first-order valence-corrected chi connectivity index (χ1v) is 9.03. The topological polar surface area (TPSA) is 40.1 Å². The Bertz CT molecular complexity index is 573. The lowest BCUT2D eigenvalue weighted by Gasteiger charge is -2.38. The molecule has 0 saturated carbocycles. The second-order valence-corrected chi connectivity index (χ2v) is 6.85. The minimum atomic E-state index is 0.623. The van der Waals surface area contributed by atoms with Crippen molar-refractivity contribution < 1.29 is 4.74 Å². The molecule has 3 rings (SSSR count). The predicted octanol–water partition coefficient (Wildman–Crippen LogP) is 2.04. The molecule has 0 amide bonds. The van der Waals surface area contributed by atoms with E-state index in [1.807, 2.05) is 7.05 Å². The number of guanidine groups is 1. The summed E-state index contributed by atoms with van der Waals surface area (Å²) in [7, 11) is 1.88. The Kier molecular flexibility index (Phi) is 5.61. The molecule has 0 spiro atoms. The molecule has 132 valence electrons. The van der Waals surface area contributed by atoms with E-state index in [0.717, 1.165) is 58.3 Å². The maximum absolute atomic E-state index is 5.45. The minimum Gasteiger partial charge on any atom is -0.381 e. The van der Waals surface area contributed by atoms with Crippen molar-refractivity contribution in [1.29, 1.82) is 0 Å². The van der Waals surface area contributed by atoms with Gasteiger partial charge in [0.15, 0.2) is 5.96 Å². The summed E-state index contributed by atoms with van der Waals surface area (Å²) in [6, 6.07) is 6.59. The Morgan fingerprint density at radius 1 is 1.25 bits per heavy atom. The van der Waals surface area contributed by atoms with Gasteiger partial charge in [-0.1, -0.05) is 12.1 Å².